The molecule has 2 heterocycles. The molecule has 0 bridgehead atoms. The van der Waals surface area contributed by atoms with E-state index in [0.29, 0.717) is 34.8 Å². The zero-order valence-corrected chi connectivity index (χ0v) is 13.5. The highest BCUT2D eigenvalue weighted by atomic mass is 35.5. The van der Waals surface area contributed by atoms with E-state index in [1.165, 1.54) is 0 Å². The van der Waals surface area contributed by atoms with Crippen LogP contribution in [0.4, 0.5) is 0 Å². The standard InChI is InChI=1S/C17H16ClN3O2/c1-2-3-11-22-16-14(5-4-10-19-16)17-20-15(21-23-17)12-6-8-13(18)9-7-12/h4-10H,2-3,11H2,1H3. The van der Waals surface area contributed by atoms with Crippen LogP contribution in [0.25, 0.3) is 22.8 Å². The molecule has 0 fully saturated rings. The van der Waals surface area contributed by atoms with Gasteiger partial charge in [0.1, 0.15) is 5.56 Å². The van der Waals surface area contributed by atoms with Gasteiger partial charge in [0.15, 0.2) is 0 Å². The van der Waals surface area contributed by atoms with Crippen LogP contribution in [0.1, 0.15) is 19.8 Å². The van der Waals surface area contributed by atoms with Gasteiger partial charge in [-0.2, -0.15) is 4.98 Å². The Morgan fingerprint density at radius 3 is 2.78 bits per heavy atom. The second-order valence-corrected chi connectivity index (χ2v) is 5.42. The van der Waals surface area contributed by atoms with Gasteiger partial charge in [0, 0.05) is 16.8 Å². The molecular weight excluding hydrogens is 314 g/mol. The van der Waals surface area contributed by atoms with E-state index >= 15 is 0 Å². The zero-order chi connectivity index (χ0) is 16.1. The second-order valence-electron chi connectivity index (χ2n) is 4.99. The molecule has 2 aromatic heterocycles. The maximum Gasteiger partial charge on any atom is 0.263 e. The number of nitrogens with zero attached hydrogens (tertiary/aromatic N) is 3. The summed E-state index contributed by atoms with van der Waals surface area (Å²) in [4.78, 5) is 8.68. The van der Waals surface area contributed by atoms with Gasteiger partial charge in [-0.15, -0.1) is 0 Å². The molecule has 0 N–H and O–H groups in total. The SMILES string of the molecule is CCCCOc1ncccc1-c1nc(-c2ccc(Cl)cc2)no1. The van der Waals surface area contributed by atoms with E-state index in [-0.39, 0.29) is 0 Å². The fourth-order valence-corrected chi connectivity index (χ4v) is 2.16. The third-order valence-electron chi connectivity index (χ3n) is 3.27. The smallest absolute Gasteiger partial charge is 0.263 e. The molecule has 3 rings (SSSR count). The molecule has 0 amide bonds. The van der Waals surface area contributed by atoms with Crippen LogP contribution in [-0.4, -0.2) is 21.7 Å². The van der Waals surface area contributed by atoms with Crippen LogP contribution in [0.5, 0.6) is 5.88 Å². The molecular formula is C17H16ClN3O2. The van der Waals surface area contributed by atoms with Crippen molar-refractivity contribution in [3.8, 4) is 28.7 Å². The van der Waals surface area contributed by atoms with Gasteiger partial charge in [0.05, 0.1) is 6.61 Å². The first-order valence-corrected chi connectivity index (χ1v) is 7.83. The average Bonchev–Trinajstić information content (AvgIpc) is 3.06. The van der Waals surface area contributed by atoms with Gasteiger partial charge in [0.2, 0.25) is 11.7 Å². The fraction of sp³-hybridized carbons (Fsp3) is 0.235. The van der Waals surface area contributed by atoms with Gasteiger partial charge < -0.3 is 9.26 Å². The number of halogens is 1. The Labute approximate surface area is 139 Å². The fourth-order valence-electron chi connectivity index (χ4n) is 2.03. The minimum absolute atomic E-state index is 0.384. The van der Waals surface area contributed by atoms with Gasteiger partial charge >= 0.3 is 0 Å². The van der Waals surface area contributed by atoms with Crippen molar-refractivity contribution >= 4 is 11.6 Å². The molecule has 23 heavy (non-hydrogen) atoms. The molecule has 1 aromatic carbocycles. The van der Waals surface area contributed by atoms with Gasteiger partial charge in [-0.1, -0.05) is 30.1 Å². The molecule has 0 spiro atoms. The van der Waals surface area contributed by atoms with E-state index in [4.69, 9.17) is 20.9 Å². The summed E-state index contributed by atoms with van der Waals surface area (Å²) in [6, 6.07) is 10.9. The maximum atomic E-state index is 5.89. The molecule has 5 nitrogen and oxygen atoms in total. The van der Waals surface area contributed by atoms with Crippen LogP contribution in [0.15, 0.2) is 47.1 Å². The molecule has 3 aromatic rings. The Bertz CT molecular complexity index is 772. The largest absolute Gasteiger partial charge is 0.477 e. The lowest BCUT2D eigenvalue weighted by Gasteiger charge is -2.06. The Hall–Kier alpha value is -2.40. The molecule has 0 saturated carbocycles. The summed E-state index contributed by atoms with van der Waals surface area (Å²) in [5.74, 6) is 1.39. The molecule has 0 atom stereocenters. The number of unbranched alkanes of at least 4 members (excludes halogenated alkanes) is 1. The van der Waals surface area contributed by atoms with E-state index in [2.05, 4.69) is 22.0 Å². The normalized spacial score (nSPS) is 10.7. The van der Waals surface area contributed by atoms with Crippen LogP contribution in [-0.2, 0) is 0 Å². The number of hydrogen-bond donors (Lipinski definition) is 0. The highest BCUT2D eigenvalue weighted by Gasteiger charge is 2.15. The van der Waals surface area contributed by atoms with Gasteiger partial charge in [-0.05, 0) is 42.8 Å². The molecule has 0 radical (unpaired) electrons. The third-order valence-corrected chi connectivity index (χ3v) is 3.52. The summed E-state index contributed by atoms with van der Waals surface area (Å²) in [5, 5.41) is 4.68. The number of benzene rings is 1. The summed E-state index contributed by atoms with van der Waals surface area (Å²) < 4.78 is 11.1. The van der Waals surface area contributed by atoms with Crippen LogP contribution >= 0.6 is 11.6 Å². The Morgan fingerprint density at radius 2 is 2.00 bits per heavy atom. The topological polar surface area (TPSA) is 61.0 Å². The highest BCUT2D eigenvalue weighted by molar-refractivity contribution is 6.30. The zero-order valence-electron chi connectivity index (χ0n) is 12.7. The third kappa shape index (κ3) is 3.68. The number of rotatable bonds is 6. The first-order valence-electron chi connectivity index (χ1n) is 7.45. The van der Waals surface area contributed by atoms with Crippen molar-refractivity contribution in [2.75, 3.05) is 6.61 Å². The van der Waals surface area contributed by atoms with E-state index in [9.17, 15) is 0 Å². The number of hydrogen-bond acceptors (Lipinski definition) is 5. The molecule has 6 heteroatoms. The quantitative estimate of drug-likeness (QED) is 0.617. The van der Waals surface area contributed by atoms with Gasteiger partial charge in [-0.25, -0.2) is 4.98 Å². The first kappa shape index (κ1) is 15.5. The van der Waals surface area contributed by atoms with Crippen molar-refractivity contribution in [1.82, 2.24) is 15.1 Å². The van der Waals surface area contributed by atoms with Crippen LogP contribution in [0.3, 0.4) is 0 Å². The Morgan fingerprint density at radius 1 is 1.17 bits per heavy atom. The minimum atomic E-state index is 0.384. The summed E-state index contributed by atoms with van der Waals surface area (Å²) in [7, 11) is 0. The molecule has 0 saturated heterocycles. The van der Waals surface area contributed by atoms with Gasteiger partial charge in [0.25, 0.3) is 5.89 Å². The summed E-state index contributed by atoms with van der Waals surface area (Å²) >= 11 is 5.89. The van der Waals surface area contributed by atoms with Crippen molar-refractivity contribution < 1.29 is 9.26 Å². The molecule has 0 aliphatic rings. The van der Waals surface area contributed by atoms with Crippen molar-refractivity contribution in [3.05, 3.63) is 47.6 Å². The van der Waals surface area contributed by atoms with Crippen molar-refractivity contribution in [3.63, 3.8) is 0 Å². The monoisotopic (exact) mass is 329 g/mol. The Kier molecular flexibility index (Phi) is 4.88. The lowest BCUT2D eigenvalue weighted by atomic mass is 10.2. The Balaban J connectivity index is 1.87. The first-order chi connectivity index (χ1) is 11.3. The predicted octanol–water partition coefficient (Wildman–Crippen LogP) is 4.63. The number of pyridine rings is 1. The molecule has 0 aliphatic carbocycles. The van der Waals surface area contributed by atoms with E-state index in [1.807, 2.05) is 24.3 Å². The van der Waals surface area contributed by atoms with E-state index in [0.717, 1.165) is 18.4 Å². The van der Waals surface area contributed by atoms with Crippen LogP contribution < -0.4 is 4.74 Å². The summed E-state index contributed by atoms with van der Waals surface area (Å²) in [6.07, 6.45) is 3.71. The van der Waals surface area contributed by atoms with Crippen LogP contribution in [0.2, 0.25) is 5.02 Å². The average molecular weight is 330 g/mol. The maximum absolute atomic E-state index is 5.89. The summed E-state index contributed by atoms with van der Waals surface area (Å²) in [6.45, 7) is 2.72. The number of aromatic nitrogens is 3. The second kappa shape index (κ2) is 7.24. The highest BCUT2D eigenvalue weighted by Crippen LogP contribution is 2.28. The number of ether oxygens (including phenoxy) is 1. The summed E-state index contributed by atoms with van der Waals surface area (Å²) in [5.41, 5.74) is 1.53. The van der Waals surface area contributed by atoms with Crippen molar-refractivity contribution in [2.24, 2.45) is 0 Å². The van der Waals surface area contributed by atoms with Crippen molar-refractivity contribution in [2.45, 2.75) is 19.8 Å². The predicted molar refractivity (Wildman–Crippen MR) is 88.4 cm³/mol. The lowest BCUT2D eigenvalue weighted by molar-refractivity contribution is 0.297. The van der Waals surface area contributed by atoms with Crippen LogP contribution in [0, 0.1) is 0 Å². The lowest BCUT2D eigenvalue weighted by Crippen LogP contribution is -2.00. The van der Waals surface area contributed by atoms with Crippen molar-refractivity contribution in [1.29, 1.82) is 0 Å². The molecule has 0 unspecified atom stereocenters. The molecule has 0 aliphatic heterocycles. The van der Waals surface area contributed by atoms with E-state index < -0.39 is 0 Å². The van der Waals surface area contributed by atoms with E-state index in [1.54, 1.807) is 18.3 Å². The minimum Gasteiger partial charge on any atom is -0.477 e. The molecule has 118 valence electrons. The van der Waals surface area contributed by atoms with Gasteiger partial charge in [-0.3, -0.25) is 0 Å².